The van der Waals surface area contributed by atoms with Crippen molar-refractivity contribution in [3.05, 3.63) is 78.2 Å². The molecule has 0 bridgehead atoms. The monoisotopic (exact) mass is 308 g/mol. The van der Waals surface area contributed by atoms with Crippen LogP contribution in [0.15, 0.2) is 71.3 Å². The highest BCUT2D eigenvalue weighted by Gasteiger charge is 2.10. The molecule has 0 unspecified atom stereocenters. The third-order valence-electron chi connectivity index (χ3n) is 3.18. The Morgan fingerprint density at radius 2 is 1.74 bits per heavy atom. The van der Waals surface area contributed by atoms with Gasteiger partial charge in [-0.1, -0.05) is 48.5 Å². The first-order chi connectivity index (χ1) is 11.3. The summed E-state index contributed by atoms with van der Waals surface area (Å²) in [4.78, 5) is 21.3. The first-order valence-corrected chi connectivity index (χ1v) is 7.25. The number of amides is 1. The maximum Gasteiger partial charge on any atom is 0.249 e. The molecular weight excluding hydrogens is 292 g/mol. The van der Waals surface area contributed by atoms with Crippen molar-refractivity contribution in [1.29, 1.82) is 0 Å². The number of nitrogens with one attached hydrogen (secondary N) is 1. The molecule has 0 aliphatic heterocycles. The van der Waals surface area contributed by atoms with E-state index < -0.39 is 0 Å². The number of carbonyl (C=O) groups is 1. The fourth-order valence-electron chi connectivity index (χ4n) is 2.08. The van der Waals surface area contributed by atoms with Gasteiger partial charge >= 0.3 is 0 Å². The van der Waals surface area contributed by atoms with E-state index in [1.54, 1.807) is 0 Å². The van der Waals surface area contributed by atoms with E-state index in [0.29, 0.717) is 18.2 Å². The van der Waals surface area contributed by atoms with E-state index in [-0.39, 0.29) is 12.3 Å². The maximum absolute atomic E-state index is 11.8. The summed E-state index contributed by atoms with van der Waals surface area (Å²) in [6, 6.07) is 19.2. The van der Waals surface area contributed by atoms with E-state index in [4.69, 9.17) is 9.25 Å². The van der Waals surface area contributed by atoms with Crippen molar-refractivity contribution in [3.8, 4) is 11.5 Å². The second kappa shape index (κ2) is 7.38. The van der Waals surface area contributed by atoms with Gasteiger partial charge in [0.05, 0.1) is 18.7 Å². The van der Waals surface area contributed by atoms with Gasteiger partial charge in [0.25, 0.3) is 0 Å². The Morgan fingerprint density at radius 1 is 1.04 bits per heavy atom. The second-order valence-corrected chi connectivity index (χ2v) is 4.99. The van der Waals surface area contributed by atoms with E-state index in [2.05, 4.69) is 10.5 Å². The van der Waals surface area contributed by atoms with Crippen LogP contribution in [0.5, 0.6) is 0 Å². The minimum absolute atomic E-state index is 0.102. The Bertz CT molecular complexity index is 754. The quantitative estimate of drug-likeness (QED) is 0.711. The van der Waals surface area contributed by atoms with Gasteiger partial charge in [0.2, 0.25) is 11.8 Å². The molecule has 0 saturated carbocycles. The van der Waals surface area contributed by atoms with Crippen LogP contribution in [0.3, 0.4) is 0 Å². The highest BCUT2D eigenvalue weighted by Crippen LogP contribution is 2.18. The lowest BCUT2D eigenvalue weighted by Crippen LogP contribution is -2.25. The summed E-state index contributed by atoms with van der Waals surface area (Å²) >= 11 is 0. The SMILES string of the molecule is O=C(Cc1coc(-c2ccccc2)n1)NOCc1ccccc1. The second-order valence-electron chi connectivity index (χ2n) is 4.99. The number of carbonyl (C=O) groups excluding carboxylic acids is 1. The first kappa shape index (κ1) is 15.0. The summed E-state index contributed by atoms with van der Waals surface area (Å²) < 4.78 is 5.39. The number of hydrogen-bond acceptors (Lipinski definition) is 4. The average molecular weight is 308 g/mol. The van der Waals surface area contributed by atoms with Crippen LogP contribution in [0.1, 0.15) is 11.3 Å². The molecule has 116 valence electrons. The van der Waals surface area contributed by atoms with Gasteiger partial charge in [-0.2, -0.15) is 0 Å². The molecule has 1 aromatic heterocycles. The summed E-state index contributed by atoms with van der Waals surface area (Å²) in [6.45, 7) is 0.320. The summed E-state index contributed by atoms with van der Waals surface area (Å²) in [5.74, 6) is 0.229. The third kappa shape index (κ3) is 4.28. The lowest BCUT2D eigenvalue weighted by atomic mass is 10.2. The minimum atomic E-state index is -0.270. The van der Waals surface area contributed by atoms with Crippen LogP contribution in [-0.4, -0.2) is 10.9 Å². The Hall–Kier alpha value is -2.92. The largest absolute Gasteiger partial charge is 0.444 e. The van der Waals surface area contributed by atoms with Gasteiger partial charge < -0.3 is 4.42 Å². The summed E-state index contributed by atoms with van der Waals surface area (Å²) in [7, 11) is 0. The van der Waals surface area contributed by atoms with Crippen molar-refractivity contribution in [2.45, 2.75) is 13.0 Å². The Kier molecular flexibility index (Phi) is 4.81. The van der Waals surface area contributed by atoms with Gasteiger partial charge in [0.1, 0.15) is 6.26 Å². The zero-order valence-electron chi connectivity index (χ0n) is 12.4. The molecule has 0 fully saturated rings. The molecule has 0 atom stereocenters. The molecule has 1 heterocycles. The van der Waals surface area contributed by atoms with Crippen LogP contribution in [0.4, 0.5) is 0 Å². The van der Waals surface area contributed by atoms with Crippen LogP contribution in [0.25, 0.3) is 11.5 Å². The highest BCUT2D eigenvalue weighted by molar-refractivity contribution is 5.77. The van der Waals surface area contributed by atoms with E-state index >= 15 is 0 Å². The van der Waals surface area contributed by atoms with E-state index in [1.165, 1.54) is 6.26 Å². The molecule has 5 heteroatoms. The van der Waals surface area contributed by atoms with Crippen LogP contribution in [-0.2, 0) is 22.7 Å². The lowest BCUT2D eigenvalue weighted by molar-refractivity contribution is -0.133. The number of hydroxylamine groups is 1. The number of oxazole rings is 1. The van der Waals surface area contributed by atoms with Crippen molar-refractivity contribution in [3.63, 3.8) is 0 Å². The molecule has 0 radical (unpaired) electrons. The average Bonchev–Trinajstić information content (AvgIpc) is 3.05. The minimum Gasteiger partial charge on any atom is -0.444 e. The topological polar surface area (TPSA) is 64.4 Å². The van der Waals surface area contributed by atoms with Crippen LogP contribution in [0, 0.1) is 0 Å². The molecule has 0 spiro atoms. The van der Waals surface area contributed by atoms with Crippen molar-refractivity contribution in [2.24, 2.45) is 0 Å². The smallest absolute Gasteiger partial charge is 0.249 e. The Labute approximate surface area is 133 Å². The number of hydrogen-bond donors (Lipinski definition) is 1. The molecule has 23 heavy (non-hydrogen) atoms. The number of rotatable bonds is 6. The number of nitrogens with zero attached hydrogens (tertiary/aromatic N) is 1. The van der Waals surface area contributed by atoms with Crippen molar-refractivity contribution >= 4 is 5.91 Å². The van der Waals surface area contributed by atoms with Gasteiger partial charge in [-0.3, -0.25) is 9.63 Å². The molecule has 1 amide bonds. The van der Waals surface area contributed by atoms with Gasteiger partial charge in [-0.25, -0.2) is 10.5 Å². The molecule has 2 aromatic carbocycles. The number of benzene rings is 2. The summed E-state index contributed by atoms with van der Waals surface area (Å²) in [5.41, 5.74) is 4.83. The highest BCUT2D eigenvalue weighted by atomic mass is 16.6. The molecular formula is C18H16N2O3. The zero-order valence-corrected chi connectivity index (χ0v) is 12.4. The third-order valence-corrected chi connectivity index (χ3v) is 3.18. The summed E-state index contributed by atoms with van der Waals surface area (Å²) in [5, 5.41) is 0. The summed E-state index contributed by atoms with van der Waals surface area (Å²) in [6.07, 6.45) is 1.59. The molecule has 1 N–H and O–H groups in total. The molecule has 3 aromatic rings. The fraction of sp³-hybridized carbons (Fsp3) is 0.111. The van der Waals surface area contributed by atoms with E-state index in [0.717, 1.165) is 11.1 Å². The normalized spacial score (nSPS) is 10.4. The van der Waals surface area contributed by atoms with Gasteiger partial charge in [-0.15, -0.1) is 0 Å². The van der Waals surface area contributed by atoms with Crippen LogP contribution >= 0.6 is 0 Å². The molecule has 0 aliphatic carbocycles. The van der Waals surface area contributed by atoms with Crippen LogP contribution in [0.2, 0.25) is 0 Å². The predicted octanol–water partition coefficient (Wildman–Crippen LogP) is 3.13. The van der Waals surface area contributed by atoms with E-state index in [1.807, 2.05) is 60.7 Å². The molecule has 0 saturated heterocycles. The molecule has 5 nitrogen and oxygen atoms in total. The van der Waals surface area contributed by atoms with E-state index in [9.17, 15) is 4.79 Å². The van der Waals surface area contributed by atoms with Crippen molar-refractivity contribution in [2.75, 3.05) is 0 Å². The predicted molar refractivity (Wildman–Crippen MR) is 85.0 cm³/mol. The maximum atomic E-state index is 11.8. The molecule has 0 aliphatic rings. The van der Waals surface area contributed by atoms with Gasteiger partial charge in [0, 0.05) is 5.56 Å². The first-order valence-electron chi connectivity index (χ1n) is 7.25. The fourth-order valence-corrected chi connectivity index (χ4v) is 2.08. The number of aromatic nitrogens is 1. The van der Waals surface area contributed by atoms with Gasteiger partial charge in [-0.05, 0) is 17.7 Å². The van der Waals surface area contributed by atoms with Gasteiger partial charge in [0.15, 0.2) is 0 Å². The molecule has 3 rings (SSSR count). The van der Waals surface area contributed by atoms with Crippen molar-refractivity contribution in [1.82, 2.24) is 10.5 Å². The standard InChI is InChI=1S/C18H16N2O3/c21-17(20-23-12-14-7-3-1-4-8-14)11-16-13-22-18(19-16)15-9-5-2-6-10-15/h1-10,13H,11-12H2,(H,20,21). The van der Waals surface area contributed by atoms with Crippen molar-refractivity contribution < 1.29 is 14.0 Å². The Balaban J connectivity index is 1.49. The van der Waals surface area contributed by atoms with Crippen LogP contribution < -0.4 is 5.48 Å². The lowest BCUT2D eigenvalue weighted by Gasteiger charge is -2.04. The zero-order chi connectivity index (χ0) is 15.9. The Morgan fingerprint density at radius 3 is 2.48 bits per heavy atom.